The minimum Gasteiger partial charge on any atom is -0.480 e. The number of anilines is 1. The predicted octanol–water partition coefficient (Wildman–Crippen LogP) is 4.44. The summed E-state index contributed by atoms with van der Waals surface area (Å²) in [6.45, 7) is 5.62. The fraction of sp³-hybridized carbons (Fsp3) is 0.429. The van der Waals surface area contributed by atoms with E-state index in [0.717, 1.165) is 48.1 Å². The minimum absolute atomic E-state index is 0.276. The van der Waals surface area contributed by atoms with Crippen molar-refractivity contribution >= 4 is 28.2 Å². The molecule has 6 heteroatoms. The van der Waals surface area contributed by atoms with Crippen LogP contribution in [0.15, 0.2) is 18.2 Å². The zero-order valence-corrected chi connectivity index (χ0v) is 17.0. The molecule has 1 aromatic carbocycles. The summed E-state index contributed by atoms with van der Waals surface area (Å²) in [5, 5.41) is 3.46. The fourth-order valence-electron chi connectivity index (χ4n) is 3.40. The van der Waals surface area contributed by atoms with Crippen LogP contribution in [-0.2, 0) is 22.4 Å². The number of para-hydroxylation sites is 1. The van der Waals surface area contributed by atoms with Crippen LogP contribution in [0.5, 0.6) is 5.75 Å². The topological polar surface area (TPSA) is 64.6 Å². The van der Waals surface area contributed by atoms with Gasteiger partial charge in [0.25, 0.3) is 5.91 Å². The van der Waals surface area contributed by atoms with Crippen LogP contribution in [0.25, 0.3) is 0 Å². The third-order valence-electron chi connectivity index (χ3n) is 4.87. The maximum atomic E-state index is 12.7. The van der Waals surface area contributed by atoms with Gasteiger partial charge in [-0.15, -0.1) is 11.3 Å². The molecule has 0 aliphatic heterocycles. The van der Waals surface area contributed by atoms with Gasteiger partial charge in [-0.2, -0.15) is 0 Å². The minimum atomic E-state index is -0.686. The lowest BCUT2D eigenvalue weighted by atomic mass is 9.95. The van der Waals surface area contributed by atoms with Crippen molar-refractivity contribution in [3.05, 3.63) is 45.3 Å². The first-order chi connectivity index (χ1) is 12.9. The van der Waals surface area contributed by atoms with Crippen molar-refractivity contribution in [2.75, 3.05) is 12.4 Å². The van der Waals surface area contributed by atoms with Crippen molar-refractivity contribution in [2.24, 2.45) is 0 Å². The summed E-state index contributed by atoms with van der Waals surface area (Å²) in [6.07, 6.45) is 3.25. The molecule has 1 aliphatic rings. The van der Waals surface area contributed by atoms with Gasteiger partial charge in [-0.05, 0) is 63.1 Å². The Bertz CT molecular complexity index is 851. The van der Waals surface area contributed by atoms with Crippen LogP contribution in [0.4, 0.5) is 5.00 Å². The quantitative estimate of drug-likeness (QED) is 0.771. The van der Waals surface area contributed by atoms with E-state index in [1.165, 1.54) is 23.3 Å². The molecule has 0 saturated heterocycles. The van der Waals surface area contributed by atoms with E-state index in [9.17, 15) is 9.59 Å². The molecule has 0 bridgehead atoms. The van der Waals surface area contributed by atoms with Gasteiger partial charge in [0.05, 0.1) is 12.7 Å². The van der Waals surface area contributed by atoms with Gasteiger partial charge in [-0.25, -0.2) is 4.79 Å². The number of rotatable bonds is 5. The van der Waals surface area contributed by atoms with Crippen molar-refractivity contribution in [2.45, 2.75) is 52.6 Å². The smallest absolute Gasteiger partial charge is 0.341 e. The second-order valence-corrected chi connectivity index (χ2v) is 7.98. The van der Waals surface area contributed by atoms with Crippen LogP contribution in [0, 0.1) is 13.8 Å². The Kier molecular flexibility index (Phi) is 5.85. The highest BCUT2D eigenvalue weighted by Crippen LogP contribution is 2.38. The second kappa shape index (κ2) is 8.13. The summed E-state index contributed by atoms with van der Waals surface area (Å²) in [4.78, 5) is 26.2. The summed E-state index contributed by atoms with van der Waals surface area (Å²) in [7, 11) is 1.37. The first-order valence-electron chi connectivity index (χ1n) is 9.19. The van der Waals surface area contributed by atoms with Crippen LogP contribution in [0.2, 0.25) is 0 Å². The van der Waals surface area contributed by atoms with Crippen LogP contribution in [-0.4, -0.2) is 25.1 Å². The third kappa shape index (κ3) is 4.00. The molecule has 1 amide bonds. The summed E-state index contributed by atoms with van der Waals surface area (Å²) < 4.78 is 10.9. The van der Waals surface area contributed by atoms with E-state index in [2.05, 4.69) is 5.32 Å². The molecule has 5 nitrogen and oxygen atoms in total. The molecular weight excluding hydrogens is 362 g/mol. The number of hydrogen-bond donors (Lipinski definition) is 1. The Hall–Kier alpha value is -2.34. The Balaban J connectivity index is 1.81. The van der Waals surface area contributed by atoms with Crippen LogP contribution in [0.1, 0.15) is 51.7 Å². The van der Waals surface area contributed by atoms with E-state index >= 15 is 0 Å². The van der Waals surface area contributed by atoms with E-state index in [1.54, 1.807) is 6.92 Å². The first-order valence-corrected chi connectivity index (χ1v) is 10.0. The number of benzene rings is 1. The number of aryl methyl sites for hydroxylation is 3. The van der Waals surface area contributed by atoms with Crippen LogP contribution < -0.4 is 10.1 Å². The maximum absolute atomic E-state index is 12.7. The molecule has 1 heterocycles. The van der Waals surface area contributed by atoms with Crippen LogP contribution >= 0.6 is 11.3 Å². The van der Waals surface area contributed by atoms with Gasteiger partial charge in [0, 0.05) is 4.88 Å². The Labute approximate surface area is 163 Å². The molecule has 0 unspecified atom stereocenters. The second-order valence-electron chi connectivity index (χ2n) is 6.88. The largest absolute Gasteiger partial charge is 0.480 e. The van der Waals surface area contributed by atoms with Gasteiger partial charge >= 0.3 is 5.97 Å². The number of carbonyl (C=O) groups excluding carboxylic acids is 2. The Morgan fingerprint density at radius 3 is 2.48 bits per heavy atom. The molecule has 27 heavy (non-hydrogen) atoms. The normalized spacial score (nSPS) is 14.2. The van der Waals surface area contributed by atoms with E-state index in [4.69, 9.17) is 9.47 Å². The number of carbonyl (C=O) groups is 2. The molecule has 0 spiro atoms. The lowest BCUT2D eigenvalue weighted by molar-refractivity contribution is -0.122. The lowest BCUT2D eigenvalue weighted by Gasteiger charge is -2.18. The molecule has 0 radical (unpaired) electrons. The van der Waals surface area contributed by atoms with E-state index in [0.29, 0.717) is 10.6 Å². The zero-order valence-electron chi connectivity index (χ0n) is 16.2. The monoisotopic (exact) mass is 387 g/mol. The number of ether oxygens (including phenoxy) is 2. The number of hydrogen-bond acceptors (Lipinski definition) is 5. The Morgan fingerprint density at radius 1 is 1.15 bits per heavy atom. The highest BCUT2D eigenvalue weighted by molar-refractivity contribution is 7.17. The zero-order chi connectivity index (χ0) is 19.6. The van der Waals surface area contributed by atoms with Crippen molar-refractivity contribution in [3.63, 3.8) is 0 Å². The molecule has 0 saturated carbocycles. The van der Waals surface area contributed by atoms with Gasteiger partial charge in [0.15, 0.2) is 6.10 Å². The number of thiophene rings is 1. The van der Waals surface area contributed by atoms with Gasteiger partial charge in [-0.1, -0.05) is 18.2 Å². The Morgan fingerprint density at radius 2 is 1.81 bits per heavy atom. The van der Waals surface area contributed by atoms with Crippen molar-refractivity contribution in [3.8, 4) is 5.75 Å². The number of fused-ring (bicyclic) bond motifs is 1. The van der Waals surface area contributed by atoms with Gasteiger partial charge in [0.2, 0.25) is 0 Å². The highest BCUT2D eigenvalue weighted by atomic mass is 32.1. The average Bonchev–Trinajstić information content (AvgIpc) is 3.01. The van der Waals surface area contributed by atoms with E-state index < -0.39 is 12.1 Å². The standard InChI is InChI=1S/C21H25NO4S/c1-12-8-7-9-13(2)18(12)26-14(3)19(23)22-20-17(21(24)25-4)15-10-5-6-11-16(15)27-20/h7-9,14H,5-6,10-11H2,1-4H3,(H,22,23)/t14-/m0/s1. The van der Waals surface area contributed by atoms with Gasteiger partial charge in [-0.3, -0.25) is 4.79 Å². The number of methoxy groups -OCH3 is 1. The van der Waals surface area contributed by atoms with Gasteiger partial charge < -0.3 is 14.8 Å². The maximum Gasteiger partial charge on any atom is 0.341 e. The predicted molar refractivity (Wildman–Crippen MR) is 107 cm³/mol. The first kappa shape index (κ1) is 19.4. The van der Waals surface area contributed by atoms with Gasteiger partial charge in [0.1, 0.15) is 10.8 Å². The number of nitrogens with one attached hydrogen (secondary N) is 1. The highest BCUT2D eigenvalue weighted by Gasteiger charge is 2.28. The lowest BCUT2D eigenvalue weighted by Crippen LogP contribution is -2.30. The molecule has 3 rings (SSSR count). The van der Waals surface area contributed by atoms with Crippen LogP contribution in [0.3, 0.4) is 0 Å². The molecule has 1 aliphatic carbocycles. The van der Waals surface area contributed by atoms with Crippen molar-refractivity contribution in [1.82, 2.24) is 0 Å². The fourth-order valence-corrected chi connectivity index (χ4v) is 4.68. The van der Waals surface area contributed by atoms with Crippen molar-refractivity contribution in [1.29, 1.82) is 0 Å². The average molecular weight is 388 g/mol. The SMILES string of the molecule is COC(=O)c1c(NC(=O)[C@H](C)Oc2c(C)cccc2C)sc2c1CCCC2. The third-order valence-corrected chi connectivity index (χ3v) is 6.08. The molecule has 144 valence electrons. The van der Waals surface area contributed by atoms with E-state index in [-0.39, 0.29) is 5.91 Å². The molecule has 2 aromatic rings. The molecule has 0 fully saturated rings. The summed E-state index contributed by atoms with van der Waals surface area (Å²) in [5.74, 6) is 0.0493. The molecule has 1 atom stereocenters. The summed E-state index contributed by atoms with van der Waals surface area (Å²) >= 11 is 1.48. The molecule has 1 N–H and O–H groups in total. The molecule has 1 aromatic heterocycles. The number of amides is 1. The summed E-state index contributed by atoms with van der Waals surface area (Å²) in [5.41, 5.74) is 3.49. The van der Waals surface area contributed by atoms with E-state index in [1.807, 2.05) is 32.0 Å². The summed E-state index contributed by atoms with van der Waals surface area (Å²) in [6, 6.07) is 5.87. The van der Waals surface area contributed by atoms with Crippen molar-refractivity contribution < 1.29 is 19.1 Å². The molecular formula is C21H25NO4S. The number of esters is 1.